The highest BCUT2D eigenvalue weighted by atomic mass is 19.1. The molecule has 1 N–H and O–H groups in total. The maximum Gasteiger partial charge on any atom is 0.343 e. The third-order valence-electron chi connectivity index (χ3n) is 6.89. The first-order chi connectivity index (χ1) is 17.8. The van der Waals surface area contributed by atoms with Gasteiger partial charge in [0.05, 0.1) is 11.6 Å². The minimum atomic E-state index is -0.362. The average Bonchev–Trinajstić information content (AvgIpc) is 2.88. The van der Waals surface area contributed by atoms with Gasteiger partial charge in [0.25, 0.3) is 0 Å². The molecule has 0 saturated heterocycles. The van der Waals surface area contributed by atoms with Gasteiger partial charge in [-0.2, -0.15) is 4.98 Å². The molecule has 0 radical (unpaired) electrons. The van der Waals surface area contributed by atoms with E-state index in [1.54, 1.807) is 24.3 Å². The van der Waals surface area contributed by atoms with Gasteiger partial charge in [-0.3, -0.25) is 0 Å². The molecule has 3 aromatic carbocycles. The minimum Gasteiger partial charge on any atom is -0.423 e. The number of fused-ring (bicyclic) bond motifs is 1. The molecule has 0 saturated carbocycles. The molecule has 0 aliphatic carbocycles. The molecule has 5 rings (SSSR count). The summed E-state index contributed by atoms with van der Waals surface area (Å²) >= 11 is 0. The Morgan fingerprint density at radius 3 is 2.46 bits per heavy atom. The Kier molecular flexibility index (Phi) is 6.61. The Morgan fingerprint density at radius 2 is 1.73 bits per heavy atom. The Balaban J connectivity index is 1.37. The average molecular weight is 497 g/mol. The number of aryl methyl sites for hydroxylation is 2. The number of carbonyl (C=O) groups is 1. The van der Waals surface area contributed by atoms with Crippen LogP contribution >= 0.6 is 0 Å². The van der Waals surface area contributed by atoms with Crippen LogP contribution in [0.4, 0.5) is 21.8 Å². The number of ether oxygens (including phenoxy) is 1. The van der Waals surface area contributed by atoms with Crippen LogP contribution in [-0.4, -0.2) is 22.5 Å². The lowest BCUT2D eigenvalue weighted by Gasteiger charge is -2.37. The highest BCUT2D eigenvalue weighted by molar-refractivity contribution is 5.91. The van der Waals surface area contributed by atoms with Gasteiger partial charge in [0, 0.05) is 23.5 Å². The van der Waals surface area contributed by atoms with Crippen LogP contribution in [0.1, 0.15) is 51.3 Å². The molecule has 0 spiro atoms. The third-order valence-corrected chi connectivity index (χ3v) is 6.89. The van der Waals surface area contributed by atoms with Gasteiger partial charge >= 0.3 is 5.97 Å². The summed E-state index contributed by atoms with van der Waals surface area (Å²) in [5, 5.41) is 3.19. The first-order valence-electron chi connectivity index (χ1n) is 12.3. The number of carbonyl (C=O) groups excluding carboxylic acids is 1. The molecule has 4 aromatic rings. The maximum absolute atomic E-state index is 13.3. The van der Waals surface area contributed by atoms with Gasteiger partial charge in [-0.05, 0) is 93.8 Å². The number of nitrogens with zero attached hydrogens (tertiary/aromatic N) is 3. The van der Waals surface area contributed by atoms with Crippen LogP contribution in [0.15, 0.2) is 66.7 Å². The summed E-state index contributed by atoms with van der Waals surface area (Å²) in [6.45, 7) is 8.89. The molecule has 1 aliphatic heterocycles. The Bertz CT molecular complexity index is 1450. The van der Waals surface area contributed by atoms with Crippen LogP contribution in [0.2, 0.25) is 0 Å². The van der Waals surface area contributed by atoms with E-state index in [9.17, 15) is 9.18 Å². The first-order valence-corrected chi connectivity index (χ1v) is 12.3. The molecule has 0 bridgehead atoms. The monoisotopic (exact) mass is 496 g/mol. The van der Waals surface area contributed by atoms with E-state index in [0.29, 0.717) is 17.3 Å². The van der Waals surface area contributed by atoms with Crippen molar-refractivity contribution in [3.05, 3.63) is 106 Å². The summed E-state index contributed by atoms with van der Waals surface area (Å²) < 4.78 is 19.0. The molecule has 1 unspecified atom stereocenters. The summed E-state index contributed by atoms with van der Waals surface area (Å²) in [5.74, 6) is 1.23. The molecule has 1 aliphatic rings. The molecule has 188 valence electrons. The van der Waals surface area contributed by atoms with Crippen molar-refractivity contribution in [1.82, 2.24) is 9.97 Å². The van der Waals surface area contributed by atoms with Crippen LogP contribution < -0.4 is 15.0 Å². The summed E-state index contributed by atoms with van der Waals surface area (Å²) in [6.07, 6.45) is 0.790. The van der Waals surface area contributed by atoms with E-state index in [1.165, 1.54) is 17.7 Å². The normalized spacial score (nSPS) is 14.7. The summed E-state index contributed by atoms with van der Waals surface area (Å²) in [4.78, 5) is 24.3. The van der Waals surface area contributed by atoms with Gasteiger partial charge < -0.3 is 15.0 Å². The number of anilines is 3. The zero-order valence-electron chi connectivity index (χ0n) is 21.4. The molecule has 37 heavy (non-hydrogen) atoms. The van der Waals surface area contributed by atoms with Gasteiger partial charge in [0.15, 0.2) is 0 Å². The lowest BCUT2D eigenvalue weighted by atomic mass is 9.93. The highest BCUT2D eigenvalue weighted by Gasteiger charge is 2.27. The predicted molar refractivity (Wildman–Crippen MR) is 143 cm³/mol. The highest BCUT2D eigenvalue weighted by Crippen LogP contribution is 2.36. The van der Waals surface area contributed by atoms with E-state index in [2.05, 4.69) is 22.1 Å². The van der Waals surface area contributed by atoms with Crippen molar-refractivity contribution in [2.24, 2.45) is 0 Å². The zero-order valence-corrected chi connectivity index (χ0v) is 21.4. The summed E-state index contributed by atoms with van der Waals surface area (Å²) in [5.41, 5.74) is 6.57. The largest absolute Gasteiger partial charge is 0.423 e. The Hall–Kier alpha value is -4.26. The number of benzene rings is 3. The molecule has 0 amide bonds. The lowest BCUT2D eigenvalue weighted by molar-refractivity contribution is 0.0734. The fraction of sp³-hybridized carbons (Fsp3) is 0.233. The van der Waals surface area contributed by atoms with Crippen molar-refractivity contribution >= 4 is 23.4 Å². The molecular formula is C30H29FN4O2. The second-order valence-corrected chi connectivity index (χ2v) is 9.45. The number of halogens is 1. The second-order valence-electron chi connectivity index (χ2n) is 9.45. The standard InChI is InChI=1S/C30H29FN4O2/c1-18-5-7-22(8-6-18)29(36)37-26-13-14-27-21(4)35(16-15-23(27)17-26)28-19(2)20(3)32-30(34-28)33-25-11-9-24(31)10-12-25/h5-14,17,21H,15-16H2,1-4H3,(H,32,33,34). The van der Waals surface area contributed by atoms with Gasteiger partial charge in [0.1, 0.15) is 17.4 Å². The van der Waals surface area contributed by atoms with Gasteiger partial charge in [-0.15, -0.1) is 0 Å². The van der Waals surface area contributed by atoms with Crippen LogP contribution in [0, 0.1) is 26.6 Å². The number of rotatable bonds is 5. The van der Waals surface area contributed by atoms with Gasteiger partial charge in [-0.1, -0.05) is 23.8 Å². The van der Waals surface area contributed by atoms with Crippen molar-refractivity contribution in [2.75, 3.05) is 16.8 Å². The molecule has 0 fully saturated rings. The van der Waals surface area contributed by atoms with E-state index in [0.717, 1.165) is 46.9 Å². The van der Waals surface area contributed by atoms with Crippen LogP contribution in [-0.2, 0) is 6.42 Å². The number of hydrogen-bond acceptors (Lipinski definition) is 6. The minimum absolute atomic E-state index is 0.0669. The molecule has 1 aromatic heterocycles. The number of hydrogen-bond donors (Lipinski definition) is 1. The molecular weight excluding hydrogens is 467 g/mol. The Labute approximate surface area is 216 Å². The maximum atomic E-state index is 13.3. The molecule has 6 nitrogen and oxygen atoms in total. The van der Waals surface area contributed by atoms with E-state index < -0.39 is 0 Å². The van der Waals surface area contributed by atoms with Crippen molar-refractivity contribution in [3.8, 4) is 5.75 Å². The van der Waals surface area contributed by atoms with Gasteiger partial charge in [-0.25, -0.2) is 14.2 Å². The van der Waals surface area contributed by atoms with Crippen LogP contribution in [0.3, 0.4) is 0 Å². The zero-order chi connectivity index (χ0) is 26.1. The predicted octanol–water partition coefficient (Wildman–Crippen LogP) is 6.63. The number of aromatic nitrogens is 2. The lowest BCUT2D eigenvalue weighted by Crippen LogP contribution is -2.35. The summed E-state index contributed by atoms with van der Waals surface area (Å²) in [6, 6.07) is 19.4. The smallest absolute Gasteiger partial charge is 0.343 e. The van der Waals surface area contributed by atoms with Gasteiger partial charge in [0.2, 0.25) is 5.95 Å². The van der Waals surface area contributed by atoms with E-state index in [-0.39, 0.29) is 17.8 Å². The topological polar surface area (TPSA) is 67.3 Å². The molecule has 2 heterocycles. The SMILES string of the molecule is Cc1ccc(C(=O)Oc2ccc3c(c2)CCN(c2nc(Nc4ccc(F)cc4)nc(C)c2C)C3C)cc1. The fourth-order valence-corrected chi connectivity index (χ4v) is 4.63. The van der Waals surface area contributed by atoms with Crippen molar-refractivity contribution in [3.63, 3.8) is 0 Å². The van der Waals surface area contributed by atoms with Crippen LogP contribution in [0.5, 0.6) is 5.75 Å². The number of esters is 1. The van der Waals surface area contributed by atoms with E-state index in [1.807, 2.05) is 51.1 Å². The number of nitrogens with one attached hydrogen (secondary N) is 1. The summed E-state index contributed by atoms with van der Waals surface area (Å²) in [7, 11) is 0. The van der Waals surface area contributed by atoms with Crippen molar-refractivity contribution in [2.45, 2.75) is 40.2 Å². The molecule has 7 heteroatoms. The third kappa shape index (κ3) is 5.16. The van der Waals surface area contributed by atoms with E-state index >= 15 is 0 Å². The molecule has 1 atom stereocenters. The Morgan fingerprint density at radius 1 is 1.00 bits per heavy atom. The van der Waals surface area contributed by atoms with Crippen molar-refractivity contribution in [1.29, 1.82) is 0 Å². The second kappa shape index (κ2) is 10.0. The van der Waals surface area contributed by atoms with E-state index in [4.69, 9.17) is 9.72 Å². The quantitative estimate of drug-likeness (QED) is 0.247. The van der Waals surface area contributed by atoms with Crippen LogP contribution in [0.25, 0.3) is 0 Å². The first kappa shape index (κ1) is 24.4. The fourth-order valence-electron chi connectivity index (χ4n) is 4.63. The van der Waals surface area contributed by atoms with Crippen molar-refractivity contribution < 1.29 is 13.9 Å².